The number of halogens is 2. The number of nitrogens with zero attached hydrogens (tertiary/aromatic N) is 6. The Hall–Kier alpha value is -3.60. The molecule has 2 fully saturated rings. The maximum absolute atomic E-state index is 13.2. The molecule has 0 unspecified atom stereocenters. The third kappa shape index (κ3) is 5.39. The molecule has 214 valence electrons. The number of hydrogen-bond acceptors (Lipinski definition) is 8. The molecule has 0 saturated carbocycles. The third-order valence-corrected chi connectivity index (χ3v) is 8.51. The smallest absolute Gasteiger partial charge is 0.268 e. The minimum absolute atomic E-state index is 0.0911. The van der Waals surface area contributed by atoms with E-state index in [4.69, 9.17) is 27.9 Å². The van der Waals surface area contributed by atoms with E-state index in [9.17, 15) is 9.59 Å². The summed E-state index contributed by atoms with van der Waals surface area (Å²) < 4.78 is 5.83. The van der Waals surface area contributed by atoms with Crippen molar-refractivity contribution in [2.45, 2.75) is 31.7 Å². The number of carbonyl (C=O) groups is 2. The molecule has 2 saturated heterocycles. The summed E-state index contributed by atoms with van der Waals surface area (Å²) in [5, 5.41) is 3.91. The van der Waals surface area contributed by atoms with Gasteiger partial charge in [-0.05, 0) is 63.7 Å². The lowest BCUT2D eigenvalue weighted by molar-refractivity contribution is -0.117. The van der Waals surface area contributed by atoms with Crippen LogP contribution in [0.5, 0.6) is 5.88 Å². The van der Waals surface area contributed by atoms with Gasteiger partial charge in [-0.15, -0.1) is 0 Å². The molecule has 0 radical (unpaired) electrons. The van der Waals surface area contributed by atoms with Crippen LogP contribution < -0.4 is 24.8 Å². The third-order valence-electron chi connectivity index (χ3n) is 7.90. The van der Waals surface area contributed by atoms with Crippen molar-refractivity contribution in [3.63, 3.8) is 0 Å². The lowest BCUT2D eigenvalue weighted by atomic mass is 10.0. The average molecular weight is 597 g/mol. The minimum Gasteiger partial charge on any atom is -0.455 e. The van der Waals surface area contributed by atoms with Gasteiger partial charge in [0.15, 0.2) is 6.73 Å². The zero-order valence-electron chi connectivity index (χ0n) is 22.9. The molecule has 6 rings (SSSR count). The number of hydrogen-bond donors (Lipinski definition) is 1. The van der Waals surface area contributed by atoms with E-state index in [1.165, 1.54) is 11.1 Å². The number of anilines is 5. The fourth-order valence-electron chi connectivity index (χ4n) is 5.67. The molecule has 10 nitrogen and oxygen atoms in total. The number of piperidine rings is 1. The van der Waals surface area contributed by atoms with Crippen LogP contribution in [-0.2, 0) is 4.79 Å². The van der Waals surface area contributed by atoms with Crippen LogP contribution in [-0.4, -0.2) is 73.2 Å². The van der Waals surface area contributed by atoms with E-state index in [0.717, 1.165) is 49.4 Å². The first-order valence-corrected chi connectivity index (χ1v) is 14.4. The zero-order valence-corrected chi connectivity index (χ0v) is 24.5. The molecule has 0 atom stereocenters. The van der Waals surface area contributed by atoms with Gasteiger partial charge in [0.05, 0.1) is 27.1 Å². The summed E-state index contributed by atoms with van der Waals surface area (Å²) in [5.74, 6) is 0.220. The summed E-state index contributed by atoms with van der Waals surface area (Å²) in [5.41, 5.74) is 3.26. The summed E-state index contributed by atoms with van der Waals surface area (Å²) in [7, 11) is 4.26. The van der Waals surface area contributed by atoms with E-state index >= 15 is 0 Å². The number of para-hydroxylation sites is 1. The molecular formula is C29H31Cl2N7O3. The Balaban J connectivity index is 1.24. The highest BCUT2D eigenvalue weighted by atomic mass is 35.5. The highest BCUT2D eigenvalue weighted by molar-refractivity contribution is 6.40. The average Bonchev–Trinajstić information content (AvgIpc) is 3.39. The number of amides is 2. The molecule has 0 bridgehead atoms. The topological polar surface area (TPSA) is 94.1 Å². The highest BCUT2D eigenvalue weighted by Crippen LogP contribution is 2.39. The lowest BCUT2D eigenvalue weighted by Gasteiger charge is -2.38. The fourth-order valence-corrected chi connectivity index (χ4v) is 6.27. The van der Waals surface area contributed by atoms with Gasteiger partial charge < -0.3 is 24.8 Å². The van der Waals surface area contributed by atoms with Crippen LogP contribution >= 0.6 is 23.2 Å². The molecule has 1 N–H and O–H groups in total. The highest BCUT2D eigenvalue weighted by Gasteiger charge is 2.32. The maximum atomic E-state index is 13.2. The number of fused-ring (bicyclic) bond motifs is 1. The van der Waals surface area contributed by atoms with E-state index in [1.807, 2.05) is 17.0 Å². The van der Waals surface area contributed by atoms with Crippen LogP contribution in [0.15, 0.2) is 42.6 Å². The summed E-state index contributed by atoms with van der Waals surface area (Å²) in [6.07, 6.45) is 4.96. The molecule has 12 heteroatoms. The van der Waals surface area contributed by atoms with Crippen molar-refractivity contribution in [2.24, 2.45) is 0 Å². The van der Waals surface area contributed by atoms with E-state index < -0.39 is 0 Å². The molecule has 2 amide bonds. The van der Waals surface area contributed by atoms with Crippen LogP contribution in [0.25, 0.3) is 0 Å². The van der Waals surface area contributed by atoms with E-state index in [-0.39, 0.29) is 35.9 Å². The van der Waals surface area contributed by atoms with Crippen LogP contribution in [0.2, 0.25) is 10.0 Å². The van der Waals surface area contributed by atoms with E-state index in [1.54, 1.807) is 18.2 Å². The summed E-state index contributed by atoms with van der Waals surface area (Å²) in [6.45, 7) is 2.47. The van der Waals surface area contributed by atoms with Crippen LogP contribution in [0.3, 0.4) is 0 Å². The Morgan fingerprint density at radius 1 is 1.00 bits per heavy atom. The minimum atomic E-state index is -0.356. The molecule has 4 heterocycles. The van der Waals surface area contributed by atoms with E-state index in [2.05, 4.69) is 45.2 Å². The molecule has 3 aliphatic rings. The number of benzene rings is 2. The van der Waals surface area contributed by atoms with Gasteiger partial charge in [0.2, 0.25) is 17.7 Å². The molecule has 1 aromatic heterocycles. The summed E-state index contributed by atoms with van der Waals surface area (Å²) >= 11 is 12.6. The van der Waals surface area contributed by atoms with Crippen molar-refractivity contribution in [2.75, 3.05) is 60.5 Å². The first-order valence-electron chi connectivity index (χ1n) is 13.7. The second-order valence-corrected chi connectivity index (χ2v) is 11.5. The molecular weight excluding hydrogens is 565 g/mol. The first-order chi connectivity index (χ1) is 19.8. The van der Waals surface area contributed by atoms with Gasteiger partial charge in [0.25, 0.3) is 5.91 Å². The molecule has 41 heavy (non-hydrogen) atoms. The molecule has 2 aromatic carbocycles. The SMILES string of the molecule is CN(C)C1CCN(c2ccc(Nc3ncc4c(n3)OCN(c3c(Cl)cccc3Cl)C4=O)cc2N2CCCC2=O)CC1. The fraction of sp³-hybridized carbons (Fsp3) is 0.379. The van der Waals surface area contributed by atoms with Crippen molar-refractivity contribution >= 4 is 63.7 Å². The Kier molecular flexibility index (Phi) is 7.63. The molecule has 3 aliphatic heterocycles. The largest absolute Gasteiger partial charge is 0.455 e. The first kappa shape index (κ1) is 27.6. The number of aromatic nitrogens is 2. The standard InChI is InChI=1S/C29H31Cl2N7O3/c1-35(2)19-10-13-36(14-11-19)23-9-8-18(15-24(23)37-12-4-7-25(37)39)33-29-32-16-20-27(34-29)41-17-38(28(20)40)26-21(30)5-3-6-22(26)31/h3,5-6,8-9,15-16,19H,4,7,10-14,17H2,1-2H3,(H,32,33,34). The zero-order chi connectivity index (χ0) is 28.7. The quantitative estimate of drug-likeness (QED) is 0.416. The van der Waals surface area contributed by atoms with Gasteiger partial charge >= 0.3 is 0 Å². The van der Waals surface area contributed by atoms with Gasteiger partial charge in [-0.3, -0.25) is 14.5 Å². The van der Waals surface area contributed by atoms with Gasteiger partial charge in [0.1, 0.15) is 5.56 Å². The lowest BCUT2D eigenvalue weighted by Crippen LogP contribution is -2.42. The summed E-state index contributed by atoms with van der Waals surface area (Å²) in [6, 6.07) is 11.6. The Morgan fingerprint density at radius 3 is 2.44 bits per heavy atom. The van der Waals surface area contributed by atoms with Gasteiger partial charge in [-0.1, -0.05) is 29.3 Å². The van der Waals surface area contributed by atoms with Gasteiger partial charge in [-0.25, -0.2) is 4.98 Å². The number of carbonyl (C=O) groups excluding carboxylic acids is 2. The molecule has 0 spiro atoms. The predicted molar refractivity (Wildman–Crippen MR) is 161 cm³/mol. The molecule has 3 aromatic rings. The number of nitrogens with one attached hydrogen (secondary N) is 1. The van der Waals surface area contributed by atoms with Gasteiger partial charge in [0, 0.05) is 44.0 Å². The van der Waals surface area contributed by atoms with Crippen LogP contribution in [0.1, 0.15) is 36.0 Å². The van der Waals surface area contributed by atoms with Crippen molar-refractivity contribution < 1.29 is 14.3 Å². The number of rotatable bonds is 6. The Morgan fingerprint density at radius 2 is 1.76 bits per heavy atom. The number of ether oxygens (including phenoxy) is 1. The van der Waals surface area contributed by atoms with Crippen LogP contribution in [0, 0.1) is 0 Å². The van der Waals surface area contributed by atoms with Crippen molar-refractivity contribution in [3.05, 3.63) is 58.2 Å². The van der Waals surface area contributed by atoms with E-state index in [0.29, 0.717) is 34.7 Å². The molecule has 0 aliphatic carbocycles. The van der Waals surface area contributed by atoms with Crippen molar-refractivity contribution in [1.29, 1.82) is 0 Å². The predicted octanol–water partition coefficient (Wildman–Crippen LogP) is 5.18. The Bertz CT molecular complexity index is 1470. The van der Waals surface area contributed by atoms with Gasteiger partial charge in [-0.2, -0.15) is 4.98 Å². The van der Waals surface area contributed by atoms with Crippen molar-refractivity contribution in [1.82, 2.24) is 14.9 Å². The Labute approximate surface area is 248 Å². The monoisotopic (exact) mass is 595 g/mol. The second-order valence-electron chi connectivity index (χ2n) is 10.6. The second kappa shape index (κ2) is 11.3. The maximum Gasteiger partial charge on any atom is 0.268 e. The normalized spacial score (nSPS) is 17.7. The summed E-state index contributed by atoms with van der Waals surface area (Å²) in [4.78, 5) is 42.7. The van der Waals surface area contributed by atoms with Crippen molar-refractivity contribution in [3.8, 4) is 5.88 Å². The van der Waals surface area contributed by atoms with Crippen LogP contribution in [0.4, 0.5) is 28.7 Å².